The van der Waals surface area contributed by atoms with Crippen molar-refractivity contribution in [2.24, 2.45) is 5.92 Å². The van der Waals surface area contributed by atoms with Gasteiger partial charge in [0.25, 0.3) is 0 Å². The van der Waals surface area contributed by atoms with Crippen LogP contribution in [-0.2, 0) is 32.1 Å². The van der Waals surface area contributed by atoms with Gasteiger partial charge in [-0.2, -0.15) is 13.2 Å². The van der Waals surface area contributed by atoms with Crippen molar-refractivity contribution in [3.05, 3.63) is 53.3 Å². The standard InChI is InChI=1S/C35H47F4N3O6/c1-9-22(10-2)18-40-19-24-16-25-26(42(24)32(45)48-34(6,7)8)17-27(46-21-23-14-12-11-13-15-23)30(29(25)36)41(31(44)35(37,38)39)20-28(43)47-33(3,4)5/h11-15,17,22,24,40H,9-10,16,18-21H2,1-8H3/t24-/m1/s1. The van der Waals surface area contributed by atoms with E-state index in [1.165, 1.54) is 31.7 Å². The molecule has 1 N–H and O–H groups in total. The molecular weight excluding hydrogens is 634 g/mol. The maximum absolute atomic E-state index is 16.9. The van der Waals surface area contributed by atoms with Crippen LogP contribution in [0.4, 0.5) is 33.7 Å². The number of carbonyl (C=O) groups is 3. The van der Waals surface area contributed by atoms with Crippen molar-refractivity contribution in [3.8, 4) is 5.75 Å². The Hall–Kier alpha value is -3.87. The van der Waals surface area contributed by atoms with Crippen LogP contribution in [-0.4, -0.2) is 61.0 Å². The van der Waals surface area contributed by atoms with Crippen LogP contribution in [0.5, 0.6) is 5.75 Å². The van der Waals surface area contributed by atoms with E-state index in [1.807, 2.05) is 0 Å². The molecule has 0 aliphatic carbocycles. The Morgan fingerprint density at radius 2 is 1.58 bits per heavy atom. The summed E-state index contributed by atoms with van der Waals surface area (Å²) in [6.07, 6.45) is -4.53. The minimum Gasteiger partial charge on any atom is -0.487 e. The van der Waals surface area contributed by atoms with E-state index >= 15 is 4.39 Å². The SMILES string of the molecule is CCC(CC)CNC[C@H]1Cc2c(cc(OCc3ccccc3)c(N(CC(=O)OC(C)(C)C)C(=O)C(F)(F)F)c2F)N1C(=O)OC(C)(C)C. The topological polar surface area (TPSA) is 97.4 Å². The summed E-state index contributed by atoms with van der Waals surface area (Å²) in [4.78, 5) is 40.6. The molecule has 0 bridgehead atoms. The molecule has 0 saturated heterocycles. The Morgan fingerprint density at radius 1 is 0.979 bits per heavy atom. The van der Waals surface area contributed by atoms with Crippen LogP contribution >= 0.6 is 0 Å². The van der Waals surface area contributed by atoms with Gasteiger partial charge in [0.2, 0.25) is 0 Å². The lowest BCUT2D eigenvalue weighted by Crippen LogP contribution is -2.46. The highest BCUT2D eigenvalue weighted by atomic mass is 19.4. The molecule has 1 aliphatic rings. The number of hydrogen-bond acceptors (Lipinski definition) is 7. The van der Waals surface area contributed by atoms with Gasteiger partial charge in [-0.3, -0.25) is 19.4 Å². The van der Waals surface area contributed by atoms with E-state index < -0.39 is 65.2 Å². The van der Waals surface area contributed by atoms with E-state index in [1.54, 1.807) is 51.1 Å². The van der Waals surface area contributed by atoms with E-state index in [4.69, 9.17) is 14.2 Å². The summed E-state index contributed by atoms with van der Waals surface area (Å²) in [5.74, 6) is -5.02. The lowest BCUT2D eigenvalue weighted by molar-refractivity contribution is -0.171. The van der Waals surface area contributed by atoms with Gasteiger partial charge >= 0.3 is 24.1 Å². The van der Waals surface area contributed by atoms with Gasteiger partial charge < -0.3 is 19.5 Å². The average Bonchev–Trinajstić information content (AvgIpc) is 3.34. The maximum Gasteiger partial charge on any atom is 0.471 e. The number of nitrogens with zero attached hydrogens (tertiary/aromatic N) is 2. The molecule has 2 amide bonds. The fraction of sp³-hybridized carbons (Fsp3) is 0.571. The van der Waals surface area contributed by atoms with Crippen LogP contribution < -0.4 is 19.9 Å². The van der Waals surface area contributed by atoms with Crippen LogP contribution in [0.25, 0.3) is 0 Å². The molecule has 1 aliphatic heterocycles. The molecule has 0 spiro atoms. The summed E-state index contributed by atoms with van der Waals surface area (Å²) in [6.45, 7) is 13.1. The highest BCUT2D eigenvalue weighted by molar-refractivity contribution is 6.03. The van der Waals surface area contributed by atoms with E-state index in [2.05, 4.69) is 19.2 Å². The van der Waals surface area contributed by atoms with Gasteiger partial charge in [0, 0.05) is 18.2 Å². The van der Waals surface area contributed by atoms with Crippen molar-refractivity contribution in [3.63, 3.8) is 0 Å². The van der Waals surface area contributed by atoms with Crippen LogP contribution in [0, 0.1) is 11.7 Å². The maximum atomic E-state index is 16.9. The number of benzene rings is 2. The Morgan fingerprint density at radius 3 is 2.12 bits per heavy atom. The molecule has 266 valence electrons. The zero-order chi connectivity index (χ0) is 36.0. The molecule has 3 rings (SSSR count). The Bertz CT molecular complexity index is 1430. The molecule has 2 aromatic rings. The van der Waals surface area contributed by atoms with Crippen molar-refractivity contribution in [1.29, 1.82) is 0 Å². The number of anilines is 2. The Kier molecular flexibility index (Phi) is 12.5. The van der Waals surface area contributed by atoms with Gasteiger partial charge in [-0.05, 0) is 66.0 Å². The summed E-state index contributed by atoms with van der Waals surface area (Å²) < 4.78 is 75.7. The fourth-order valence-electron chi connectivity index (χ4n) is 5.33. The first-order chi connectivity index (χ1) is 22.3. The summed E-state index contributed by atoms with van der Waals surface area (Å²) in [5.41, 5.74) is -2.40. The van der Waals surface area contributed by atoms with Crippen LogP contribution in [0.1, 0.15) is 79.4 Å². The van der Waals surface area contributed by atoms with Crippen molar-refractivity contribution >= 4 is 29.3 Å². The Balaban J connectivity index is 2.21. The van der Waals surface area contributed by atoms with E-state index in [0.29, 0.717) is 18.0 Å². The van der Waals surface area contributed by atoms with Crippen LogP contribution in [0.2, 0.25) is 0 Å². The molecule has 1 atom stereocenters. The third-order valence-corrected chi connectivity index (χ3v) is 7.61. The normalized spacial score (nSPS) is 14.9. The van der Waals surface area contributed by atoms with Gasteiger partial charge in [0.1, 0.15) is 35.8 Å². The second-order valence-electron chi connectivity index (χ2n) is 13.8. The number of rotatable bonds is 12. The Labute approximate surface area is 279 Å². The highest BCUT2D eigenvalue weighted by Gasteiger charge is 2.47. The third kappa shape index (κ3) is 10.3. The third-order valence-electron chi connectivity index (χ3n) is 7.61. The summed E-state index contributed by atoms with van der Waals surface area (Å²) >= 11 is 0. The van der Waals surface area contributed by atoms with E-state index in [-0.39, 0.29) is 35.7 Å². The first-order valence-electron chi connectivity index (χ1n) is 16.1. The molecule has 2 aromatic carbocycles. The summed E-state index contributed by atoms with van der Waals surface area (Å²) in [5, 5.41) is 3.34. The predicted molar refractivity (Wildman–Crippen MR) is 175 cm³/mol. The second kappa shape index (κ2) is 15.6. The number of alkyl halides is 3. The lowest BCUT2D eigenvalue weighted by Gasteiger charge is -2.30. The molecule has 9 nitrogen and oxygen atoms in total. The van der Waals surface area contributed by atoms with Gasteiger partial charge in [-0.25, -0.2) is 9.18 Å². The number of ether oxygens (including phenoxy) is 3. The predicted octanol–water partition coefficient (Wildman–Crippen LogP) is 7.33. The zero-order valence-electron chi connectivity index (χ0n) is 28.9. The number of amides is 2. The quantitative estimate of drug-likeness (QED) is 0.185. The van der Waals surface area contributed by atoms with Crippen molar-refractivity contribution in [1.82, 2.24) is 5.32 Å². The van der Waals surface area contributed by atoms with Gasteiger partial charge in [0.05, 0.1) is 11.7 Å². The minimum absolute atomic E-state index is 0.000495. The zero-order valence-corrected chi connectivity index (χ0v) is 28.9. The largest absolute Gasteiger partial charge is 0.487 e. The monoisotopic (exact) mass is 681 g/mol. The molecule has 48 heavy (non-hydrogen) atoms. The molecule has 0 radical (unpaired) electrons. The van der Waals surface area contributed by atoms with Crippen LogP contribution in [0.15, 0.2) is 36.4 Å². The number of hydrogen-bond donors (Lipinski definition) is 1. The van der Waals surface area contributed by atoms with E-state index in [9.17, 15) is 27.6 Å². The highest BCUT2D eigenvalue weighted by Crippen LogP contribution is 2.45. The van der Waals surface area contributed by atoms with Gasteiger partial charge in [-0.15, -0.1) is 0 Å². The van der Waals surface area contributed by atoms with Gasteiger partial charge in [0.15, 0.2) is 5.82 Å². The van der Waals surface area contributed by atoms with Crippen molar-refractivity contribution in [2.45, 2.75) is 105 Å². The molecule has 13 heteroatoms. The van der Waals surface area contributed by atoms with Crippen molar-refractivity contribution < 1.29 is 46.2 Å². The number of carbonyl (C=O) groups excluding carboxylic acids is 3. The summed E-state index contributed by atoms with van der Waals surface area (Å²) in [7, 11) is 0. The van der Waals surface area contributed by atoms with Crippen molar-refractivity contribution in [2.75, 3.05) is 29.4 Å². The number of fused-ring (bicyclic) bond motifs is 1. The average molecular weight is 682 g/mol. The first-order valence-corrected chi connectivity index (χ1v) is 16.1. The molecule has 0 unspecified atom stereocenters. The molecular formula is C35H47F4N3O6. The smallest absolute Gasteiger partial charge is 0.471 e. The van der Waals surface area contributed by atoms with Crippen LogP contribution in [0.3, 0.4) is 0 Å². The molecule has 0 aromatic heterocycles. The van der Waals surface area contributed by atoms with Gasteiger partial charge in [-0.1, -0.05) is 57.0 Å². The minimum atomic E-state index is -5.48. The molecule has 0 saturated carbocycles. The molecule has 0 fully saturated rings. The summed E-state index contributed by atoms with van der Waals surface area (Å²) in [6, 6.07) is 9.11. The van der Waals surface area contributed by atoms with E-state index in [0.717, 1.165) is 12.8 Å². The number of esters is 1. The first kappa shape index (κ1) is 38.6. The fourth-order valence-corrected chi connectivity index (χ4v) is 5.33. The molecule has 1 heterocycles. The number of halogens is 4. The second-order valence-corrected chi connectivity index (χ2v) is 13.8. The number of nitrogens with one attached hydrogen (secondary N) is 1. The lowest BCUT2D eigenvalue weighted by atomic mass is 10.0.